The van der Waals surface area contributed by atoms with E-state index in [-0.39, 0.29) is 6.03 Å². The first-order chi connectivity index (χ1) is 10.1. The van der Waals surface area contributed by atoms with Crippen LogP contribution in [0.3, 0.4) is 0 Å². The average molecular weight is 292 g/mol. The third-order valence-corrected chi connectivity index (χ3v) is 3.13. The lowest BCUT2D eigenvalue weighted by Gasteiger charge is -2.06. The van der Waals surface area contributed by atoms with Gasteiger partial charge in [0.2, 0.25) is 0 Å². The van der Waals surface area contributed by atoms with E-state index < -0.39 is 0 Å². The van der Waals surface area contributed by atoms with Gasteiger partial charge in [0.15, 0.2) is 5.76 Å². The number of carbonyl (C=O) groups excluding carboxylic acids is 1. The summed E-state index contributed by atoms with van der Waals surface area (Å²) in [6.45, 7) is 6.54. The third-order valence-electron chi connectivity index (χ3n) is 3.13. The molecule has 0 unspecified atom stereocenters. The molecule has 2 amide bonds. The number of urea groups is 1. The Labute approximate surface area is 123 Å². The lowest BCUT2D eigenvalue weighted by molar-refractivity contribution is 0.238. The van der Waals surface area contributed by atoms with E-state index in [0.29, 0.717) is 18.8 Å². The molecule has 21 heavy (non-hydrogen) atoms. The number of nitrogens with zero attached hydrogens (tertiary/aromatic N) is 2. The zero-order valence-corrected chi connectivity index (χ0v) is 12.5. The number of carbonyl (C=O) groups is 1. The van der Waals surface area contributed by atoms with Gasteiger partial charge in [0.1, 0.15) is 5.76 Å². The molecule has 7 heteroatoms. The van der Waals surface area contributed by atoms with Crippen molar-refractivity contribution in [3.8, 4) is 0 Å². The molecule has 2 aromatic rings. The number of nitrogens with one attached hydrogen (secondary N) is 2. The van der Waals surface area contributed by atoms with E-state index in [9.17, 15) is 4.79 Å². The third kappa shape index (κ3) is 3.84. The van der Waals surface area contributed by atoms with Crippen LogP contribution in [0, 0.1) is 6.92 Å². The van der Waals surface area contributed by atoms with Gasteiger partial charge in [0.05, 0.1) is 17.9 Å². The minimum atomic E-state index is -0.269. The summed E-state index contributed by atoms with van der Waals surface area (Å²) in [5.41, 5.74) is 2.64. The highest BCUT2D eigenvalue weighted by molar-refractivity contribution is 5.73. The SMILES string of the molecule is CCc1noc(CC)c1CNC(=O)NCc1cc(C)no1. The van der Waals surface area contributed by atoms with E-state index in [1.807, 2.05) is 20.8 Å². The van der Waals surface area contributed by atoms with E-state index in [1.54, 1.807) is 6.07 Å². The summed E-state index contributed by atoms with van der Waals surface area (Å²) in [6.07, 6.45) is 1.53. The number of aryl methyl sites for hydroxylation is 3. The second-order valence-electron chi connectivity index (χ2n) is 4.71. The van der Waals surface area contributed by atoms with Crippen LogP contribution in [0.25, 0.3) is 0 Å². The lowest BCUT2D eigenvalue weighted by atomic mass is 10.1. The fourth-order valence-corrected chi connectivity index (χ4v) is 2.04. The Morgan fingerprint density at radius 1 is 1.14 bits per heavy atom. The number of amides is 2. The molecule has 0 aliphatic heterocycles. The van der Waals surface area contributed by atoms with Crippen LogP contribution < -0.4 is 10.6 Å². The topological polar surface area (TPSA) is 93.2 Å². The molecule has 0 atom stereocenters. The maximum absolute atomic E-state index is 11.8. The molecule has 0 spiro atoms. The normalized spacial score (nSPS) is 10.6. The summed E-state index contributed by atoms with van der Waals surface area (Å²) < 4.78 is 10.3. The van der Waals surface area contributed by atoms with Gasteiger partial charge in [-0.1, -0.05) is 24.2 Å². The second kappa shape index (κ2) is 6.92. The van der Waals surface area contributed by atoms with Crippen molar-refractivity contribution in [1.82, 2.24) is 20.9 Å². The van der Waals surface area contributed by atoms with E-state index in [2.05, 4.69) is 20.9 Å². The van der Waals surface area contributed by atoms with Crippen LogP contribution >= 0.6 is 0 Å². The molecule has 2 N–H and O–H groups in total. The van der Waals surface area contributed by atoms with Crippen LogP contribution in [0.4, 0.5) is 4.79 Å². The van der Waals surface area contributed by atoms with E-state index >= 15 is 0 Å². The lowest BCUT2D eigenvalue weighted by Crippen LogP contribution is -2.34. The quantitative estimate of drug-likeness (QED) is 0.850. The van der Waals surface area contributed by atoms with Crippen molar-refractivity contribution in [2.24, 2.45) is 0 Å². The van der Waals surface area contributed by atoms with Crippen LogP contribution in [0.5, 0.6) is 0 Å². The van der Waals surface area contributed by atoms with Crippen molar-refractivity contribution in [1.29, 1.82) is 0 Å². The zero-order chi connectivity index (χ0) is 15.2. The minimum Gasteiger partial charge on any atom is -0.361 e. The molecule has 114 valence electrons. The Bertz CT molecular complexity index is 582. The maximum atomic E-state index is 11.8. The average Bonchev–Trinajstić information content (AvgIpc) is 3.08. The van der Waals surface area contributed by atoms with Crippen molar-refractivity contribution in [2.75, 3.05) is 0 Å². The van der Waals surface area contributed by atoms with Gasteiger partial charge in [-0.05, 0) is 13.3 Å². The molecule has 0 bridgehead atoms. The summed E-state index contributed by atoms with van der Waals surface area (Å²) in [4.78, 5) is 11.8. The predicted molar refractivity (Wildman–Crippen MR) is 75.6 cm³/mol. The molecule has 0 saturated carbocycles. The van der Waals surface area contributed by atoms with Crippen LogP contribution in [-0.4, -0.2) is 16.3 Å². The monoisotopic (exact) mass is 292 g/mol. The van der Waals surface area contributed by atoms with Gasteiger partial charge >= 0.3 is 6.03 Å². The van der Waals surface area contributed by atoms with Gasteiger partial charge < -0.3 is 19.7 Å². The number of aromatic nitrogens is 2. The highest BCUT2D eigenvalue weighted by Gasteiger charge is 2.14. The van der Waals surface area contributed by atoms with Crippen molar-refractivity contribution in [3.63, 3.8) is 0 Å². The molecule has 2 heterocycles. The van der Waals surface area contributed by atoms with Crippen molar-refractivity contribution < 1.29 is 13.8 Å². The van der Waals surface area contributed by atoms with Crippen molar-refractivity contribution >= 4 is 6.03 Å². The molecule has 0 saturated heterocycles. The molecule has 0 radical (unpaired) electrons. The van der Waals surface area contributed by atoms with Crippen molar-refractivity contribution in [2.45, 2.75) is 46.7 Å². The fraction of sp³-hybridized carbons (Fsp3) is 0.500. The predicted octanol–water partition coefficient (Wildman–Crippen LogP) is 2.10. The molecule has 0 aromatic carbocycles. The maximum Gasteiger partial charge on any atom is 0.315 e. The standard InChI is InChI=1S/C14H20N4O3/c1-4-12-11(13(5-2)21-18-12)8-16-14(19)15-7-10-6-9(3)17-20-10/h6H,4-5,7-8H2,1-3H3,(H2,15,16,19). The van der Waals surface area contributed by atoms with E-state index in [4.69, 9.17) is 9.05 Å². The smallest absolute Gasteiger partial charge is 0.315 e. The first kappa shape index (κ1) is 15.1. The Hall–Kier alpha value is -2.31. The van der Waals surface area contributed by atoms with Crippen LogP contribution in [-0.2, 0) is 25.9 Å². The van der Waals surface area contributed by atoms with Crippen LogP contribution in [0.15, 0.2) is 15.1 Å². The van der Waals surface area contributed by atoms with Gasteiger partial charge in [0.25, 0.3) is 0 Å². The minimum absolute atomic E-state index is 0.269. The highest BCUT2D eigenvalue weighted by atomic mass is 16.5. The molecule has 2 rings (SSSR count). The molecular formula is C14H20N4O3. The van der Waals surface area contributed by atoms with Gasteiger partial charge in [0, 0.05) is 24.6 Å². The highest BCUT2D eigenvalue weighted by Crippen LogP contribution is 2.15. The number of hydrogen-bond acceptors (Lipinski definition) is 5. The Balaban J connectivity index is 1.85. The summed E-state index contributed by atoms with van der Waals surface area (Å²) in [5.74, 6) is 1.44. The number of rotatable bonds is 6. The fourth-order valence-electron chi connectivity index (χ4n) is 2.04. The molecule has 2 aromatic heterocycles. The second-order valence-corrected chi connectivity index (χ2v) is 4.71. The molecular weight excluding hydrogens is 272 g/mol. The number of hydrogen-bond donors (Lipinski definition) is 2. The van der Waals surface area contributed by atoms with Gasteiger partial charge in [-0.2, -0.15) is 0 Å². The first-order valence-electron chi connectivity index (χ1n) is 7.04. The summed E-state index contributed by atoms with van der Waals surface area (Å²) in [6, 6.07) is 1.51. The van der Waals surface area contributed by atoms with E-state index in [0.717, 1.165) is 35.6 Å². The van der Waals surface area contributed by atoms with Crippen LogP contribution in [0.2, 0.25) is 0 Å². The van der Waals surface area contributed by atoms with Gasteiger partial charge in [-0.15, -0.1) is 0 Å². The zero-order valence-electron chi connectivity index (χ0n) is 12.5. The molecule has 0 aliphatic rings. The molecule has 7 nitrogen and oxygen atoms in total. The van der Waals surface area contributed by atoms with Crippen molar-refractivity contribution in [3.05, 3.63) is 34.5 Å². The summed E-state index contributed by atoms with van der Waals surface area (Å²) >= 11 is 0. The van der Waals surface area contributed by atoms with Crippen LogP contribution in [0.1, 0.15) is 42.3 Å². The van der Waals surface area contributed by atoms with E-state index in [1.165, 1.54) is 0 Å². The Morgan fingerprint density at radius 3 is 2.52 bits per heavy atom. The summed E-state index contributed by atoms with van der Waals surface area (Å²) in [7, 11) is 0. The Morgan fingerprint density at radius 2 is 1.90 bits per heavy atom. The Kier molecular flexibility index (Phi) is 4.97. The van der Waals surface area contributed by atoms with Gasteiger partial charge in [-0.25, -0.2) is 4.79 Å². The molecule has 0 fully saturated rings. The first-order valence-corrected chi connectivity index (χ1v) is 7.04. The molecule has 0 aliphatic carbocycles. The largest absolute Gasteiger partial charge is 0.361 e. The summed E-state index contributed by atoms with van der Waals surface area (Å²) in [5, 5.41) is 13.3. The van der Waals surface area contributed by atoms with Gasteiger partial charge in [-0.3, -0.25) is 0 Å².